The van der Waals surface area contributed by atoms with Crippen molar-refractivity contribution in [2.24, 2.45) is 0 Å². The number of alkyl halides is 3. The lowest BCUT2D eigenvalue weighted by Gasteiger charge is -2.23. The molecule has 1 rings (SSSR count). The third-order valence-electron chi connectivity index (χ3n) is 1.77. The summed E-state index contributed by atoms with van der Waals surface area (Å²) in [5, 5.41) is 2.97. The SMILES string of the molecule is FC(F)(F)CCC1COCCN1. The maximum absolute atomic E-state index is 11.7. The zero-order valence-electron chi connectivity index (χ0n) is 6.66. The fraction of sp³-hybridized carbons (Fsp3) is 1.00. The van der Waals surface area contributed by atoms with Gasteiger partial charge in [0.2, 0.25) is 0 Å². The van der Waals surface area contributed by atoms with E-state index >= 15 is 0 Å². The lowest BCUT2D eigenvalue weighted by molar-refractivity contribution is -0.137. The molecule has 1 fully saturated rings. The Morgan fingerprint density at radius 1 is 1.42 bits per heavy atom. The molecule has 5 heteroatoms. The molecule has 0 aliphatic carbocycles. The van der Waals surface area contributed by atoms with E-state index in [0.29, 0.717) is 19.8 Å². The molecule has 12 heavy (non-hydrogen) atoms. The number of rotatable bonds is 2. The zero-order valence-corrected chi connectivity index (χ0v) is 6.66. The van der Waals surface area contributed by atoms with Crippen LogP contribution in [0.25, 0.3) is 0 Å². The molecule has 1 heterocycles. The summed E-state index contributed by atoms with van der Waals surface area (Å²) in [6.45, 7) is 1.65. The molecule has 1 aliphatic heterocycles. The summed E-state index contributed by atoms with van der Waals surface area (Å²) in [7, 11) is 0. The number of hydrogen-bond donors (Lipinski definition) is 1. The van der Waals surface area contributed by atoms with E-state index in [-0.39, 0.29) is 12.5 Å². The van der Waals surface area contributed by atoms with Crippen LogP contribution in [0.15, 0.2) is 0 Å². The Bertz CT molecular complexity index is 131. The zero-order chi connectivity index (χ0) is 9.03. The Balaban J connectivity index is 2.13. The van der Waals surface area contributed by atoms with Gasteiger partial charge in [-0.25, -0.2) is 0 Å². The quantitative estimate of drug-likeness (QED) is 0.697. The van der Waals surface area contributed by atoms with Crippen LogP contribution in [0, 0.1) is 0 Å². The molecule has 1 unspecified atom stereocenters. The van der Waals surface area contributed by atoms with E-state index in [4.69, 9.17) is 4.74 Å². The van der Waals surface area contributed by atoms with Gasteiger partial charge in [0, 0.05) is 19.0 Å². The van der Waals surface area contributed by atoms with Crippen molar-refractivity contribution in [1.29, 1.82) is 0 Å². The number of halogens is 3. The number of nitrogens with one attached hydrogen (secondary N) is 1. The first kappa shape index (κ1) is 9.80. The third kappa shape index (κ3) is 3.92. The van der Waals surface area contributed by atoms with Gasteiger partial charge in [0.15, 0.2) is 0 Å². The Morgan fingerprint density at radius 3 is 2.67 bits per heavy atom. The monoisotopic (exact) mass is 183 g/mol. The average Bonchev–Trinajstić information content (AvgIpc) is 2.02. The van der Waals surface area contributed by atoms with Crippen LogP contribution >= 0.6 is 0 Å². The van der Waals surface area contributed by atoms with E-state index in [2.05, 4.69) is 5.32 Å². The molecule has 0 spiro atoms. The van der Waals surface area contributed by atoms with Crippen LogP contribution in [0.3, 0.4) is 0 Å². The van der Waals surface area contributed by atoms with Gasteiger partial charge in [0.05, 0.1) is 13.2 Å². The molecule has 0 amide bonds. The first-order valence-corrected chi connectivity index (χ1v) is 3.96. The predicted molar refractivity (Wildman–Crippen MR) is 37.9 cm³/mol. The van der Waals surface area contributed by atoms with Crippen molar-refractivity contribution in [3.8, 4) is 0 Å². The average molecular weight is 183 g/mol. The molecule has 1 saturated heterocycles. The fourth-order valence-electron chi connectivity index (χ4n) is 1.14. The van der Waals surface area contributed by atoms with E-state index in [0.717, 1.165) is 0 Å². The van der Waals surface area contributed by atoms with Crippen LogP contribution in [0.5, 0.6) is 0 Å². The van der Waals surface area contributed by atoms with Gasteiger partial charge in [-0.1, -0.05) is 0 Å². The normalized spacial score (nSPS) is 25.8. The van der Waals surface area contributed by atoms with Gasteiger partial charge in [-0.3, -0.25) is 0 Å². The molecular formula is C7H12F3NO. The molecule has 0 saturated carbocycles. The summed E-state index contributed by atoms with van der Waals surface area (Å²) in [6.07, 6.45) is -4.66. The highest BCUT2D eigenvalue weighted by molar-refractivity contribution is 4.71. The number of hydrogen-bond acceptors (Lipinski definition) is 2. The maximum atomic E-state index is 11.7. The molecule has 72 valence electrons. The van der Waals surface area contributed by atoms with Crippen molar-refractivity contribution >= 4 is 0 Å². The van der Waals surface area contributed by atoms with E-state index in [1.54, 1.807) is 0 Å². The van der Waals surface area contributed by atoms with Gasteiger partial charge in [-0.05, 0) is 6.42 Å². The second-order valence-corrected chi connectivity index (χ2v) is 2.88. The summed E-state index contributed by atoms with van der Waals surface area (Å²) in [5.74, 6) is 0. The minimum atomic E-state index is -4.04. The minimum Gasteiger partial charge on any atom is -0.379 e. The topological polar surface area (TPSA) is 21.3 Å². The van der Waals surface area contributed by atoms with E-state index in [1.165, 1.54) is 0 Å². The molecule has 0 aromatic rings. The smallest absolute Gasteiger partial charge is 0.379 e. The summed E-state index contributed by atoms with van der Waals surface area (Å²) in [4.78, 5) is 0. The molecule has 1 N–H and O–H groups in total. The van der Waals surface area contributed by atoms with Gasteiger partial charge in [0.25, 0.3) is 0 Å². The van der Waals surface area contributed by atoms with Crippen LogP contribution < -0.4 is 5.32 Å². The second kappa shape index (κ2) is 4.09. The molecule has 0 radical (unpaired) electrons. The summed E-state index contributed by atoms with van der Waals surface area (Å²) in [5.41, 5.74) is 0. The Labute approximate surface area is 69.1 Å². The van der Waals surface area contributed by atoms with Crippen molar-refractivity contribution in [2.75, 3.05) is 19.8 Å². The van der Waals surface area contributed by atoms with Crippen molar-refractivity contribution in [2.45, 2.75) is 25.1 Å². The van der Waals surface area contributed by atoms with Crippen molar-refractivity contribution < 1.29 is 17.9 Å². The second-order valence-electron chi connectivity index (χ2n) is 2.88. The van der Waals surface area contributed by atoms with Crippen LogP contribution in [0.2, 0.25) is 0 Å². The van der Waals surface area contributed by atoms with Crippen LogP contribution in [0.1, 0.15) is 12.8 Å². The highest BCUT2D eigenvalue weighted by Gasteiger charge is 2.28. The fourth-order valence-corrected chi connectivity index (χ4v) is 1.14. The van der Waals surface area contributed by atoms with E-state index < -0.39 is 12.6 Å². The first-order chi connectivity index (χ1) is 5.58. The van der Waals surface area contributed by atoms with Gasteiger partial charge in [-0.2, -0.15) is 13.2 Å². The Hall–Kier alpha value is -0.290. The number of ether oxygens (including phenoxy) is 1. The van der Waals surface area contributed by atoms with Crippen LogP contribution in [-0.4, -0.2) is 32.0 Å². The number of morpholine rings is 1. The highest BCUT2D eigenvalue weighted by atomic mass is 19.4. The largest absolute Gasteiger partial charge is 0.389 e. The van der Waals surface area contributed by atoms with Gasteiger partial charge in [0.1, 0.15) is 0 Å². The maximum Gasteiger partial charge on any atom is 0.389 e. The molecule has 1 aliphatic rings. The molecule has 0 bridgehead atoms. The first-order valence-electron chi connectivity index (χ1n) is 3.96. The Kier molecular flexibility index (Phi) is 3.34. The van der Waals surface area contributed by atoms with E-state index in [1.807, 2.05) is 0 Å². The lowest BCUT2D eigenvalue weighted by atomic mass is 10.1. The molecule has 0 aromatic carbocycles. The highest BCUT2D eigenvalue weighted by Crippen LogP contribution is 2.22. The van der Waals surface area contributed by atoms with E-state index in [9.17, 15) is 13.2 Å². The van der Waals surface area contributed by atoms with Crippen molar-refractivity contribution in [1.82, 2.24) is 5.32 Å². The van der Waals surface area contributed by atoms with Crippen LogP contribution in [0.4, 0.5) is 13.2 Å². The molecular weight excluding hydrogens is 171 g/mol. The third-order valence-corrected chi connectivity index (χ3v) is 1.77. The standard InChI is InChI=1S/C7H12F3NO/c8-7(9,10)2-1-6-5-12-4-3-11-6/h6,11H,1-5H2. The summed E-state index contributed by atoms with van der Waals surface area (Å²) >= 11 is 0. The molecule has 0 aromatic heterocycles. The summed E-state index contributed by atoms with van der Waals surface area (Å²) < 4.78 is 40.2. The van der Waals surface area contributed by atoms with Gasteiger partial charge < -0.3 is 10.1 Å². The Morgan fingerprint density at radius 2 is 2.17 bits per heavy atom. The lowest BCUT2D eigenvalue weighted by Crippen LogP contribution is -2.41. The van der Waals surface area contributed by atoms with Crippen LogP contribution in [-0.2, 0) is 4.74 Å². The van der Waals surface area contributed by atoms with Crippen molar-refractivity contribution in [3.05, 3.63) is 0 Å². The minimum absolute atomic E-state index is 0.115. The van der Waals surface area contributed by atoms with Crippen molar-refractivity contribution in [3.63, 3.8) is 0 Å². The predicted octanol–water partition coefficient (Wildman–Crippen LogP) is 1.32. The molecule has 1 atom stereocenters. The van der Waals surface area contributed by atoms with Gasteiger partial charge in [-0.15, -0.1) is 0 Å². The summed E-state index contributed by atoms with van der Waals surface area (Å²) in [6, 6.07) is -0.125. The molecule has 2 nitrogen and oxygen atoms in total. The van der Waals surface area contributed by atoms with Gasteiger partial charge >= 0.3 is 6.18 Å².